The second kappa shape index (κ2) is 9.81. The molecule has 5 nitrogen and oxygen atoms in total. The minimum absolute atomic E-state index is 0.254. The maximum atomic E-state index is 14.1. The van der Waals surface area contributed by atoms with E-state index in [2.05, 4.69) is 11.3 Å². The van der Waals surface area contributed by atoms with Gasteiger partial charge in [-0.05, 0) is 0 Å². The second-order valence-electron chi connectivity index (χ2n) is 5.95. The maximum Gasteiger partial charge on any atom is 0.525 e. The van der Waals surface area contributed by atoms with Gasteiger partial charge in [-0.15, -0.1) is 13.2 Å². The lowest BCUT2D eigenvalue weighted by Crippen LogP contribution is -2.69. The van der Waals surface area contributed by atoms with Gasteiger partial charge in [-0.25, -0.2) is 9.53 Å². The van der Waals surface area contributed by atoms with Crippen LogP contribution in [0, 0.1) is 0 Å². The van der Waals surface area contributed by atoms with Crippen molar-refractivity contribution in [1.82, 2.24) is 0 Å². The Morgan fingerprint density at radius 2 is 0.919 bits per heavy atom. The van der Waals surface area contributed by atoms with Crippen molar-refractivity contribution in [3.05, 3.63) is 12.7 Å². The van der Waals surface area contributed by atoms with Crippen LogP contribution in [0.15, 0.2) is 12.7 Å². The van der Waals surface area contributed by atoms with Gasteiger partial charge in [-0.2, -0.15) is 70.2 Å². The predicted octanol–water partition coefficient (Wildman–Crippen LogP) is 6.16. The smallest absolute Gasteiger partial charge is 0.457 e. The molecule has 0 saturated carbocycles. The Bertz CT molecular complexity index is 828. The van der Waals surface area contributed by atoms with Crippen molar-refractivity contribution in [3.8, 4) is 0 Å². The van der Waals surface area contributed by atoms with Gasteiger partial charge in [0.15, 0.2) is 0 Å². The van der Waals surface area contributed by atoms with Crippen LogP contribution in [0.4, 0.5) is 83.4 Å². The number of alkyl halides is 19. The van der Waals surface area contributed by atoms with Crippen LogP contribution < -0.4 is 0 Å². The molecule has 0 aliphatic rings. The number of esters is 1. The van der Waals surface area contributed by atoms with E-state index >= 15 is 0 Å². The first-order valence-electron chi connectivity index (χ1n) is 7.83. The van der Waals surface area contributed by atoms with E-state index < -0.39 is 67.2 Å². The van der Waals surface area contributed by atoms with Crippen molar-refractivity contribution in [1.29, 1.82) is 0 Å². The third kappa shape index (κ3) is 6.80. The lowest BCUT2D eigenvalue weighted by molar-refractivity contribution is -0.574. The summed E-state index contributed by atoms with van der Waals surface area (Å²) in [6, 6.07) is 0. The van der Waals surface area contributed by atoms with Crippen LogP contribution in [0.3, 0.4) is 0 Å². The van der Waals surface area contributed by atoms with Gasteiger partial charge in [0.1, 0.15) is 6.61 Å². The van der Waals surface area contributed by atoms with Crippen molar-refractivity contribution in [2.24, 2.45) is 0 Å². The predicted molar refractivity (Wildman–Crippen MR) is 70.0 cm³/mol. The molecule has 37 heavy (non-hydrogen) atoms. The number of hydrogen-bond donors (Lipinski definition) is 0. The normalized spacial score (nSPS) is 19.4. The molecular weight excluding hydrogens is 597 g/mol. The van der Waals surface area contributed by atoms with E-state index in [1.54, 1.807) is 4.74 Å². The summed E-state index contributed by atoms with van der Waals surface area (Å²) in [5.74, 6) is -27.1. The van der Waals surface area contributed by atoms with E-state index in [1.165, 1.54) is 9.47 Å². The molecule has 0 aromatic heterocycles. The van der Waals surface area contributed by atoms with Gasteiger partial charge < -0.3 is 4.74 Å². The maximum absolute atomic E-state index is 14.1. The van der Waals surface area contributed by atoms with Gasteiger partial charge in [-0.1, -0.05) is 12.7 Å². The zero-order valence-electron chi connectivity index (χ0n) is 16.2. The molecule has 0 N–H and O–H groups in total. The highest BCUT2D eigenvalue weighted by Crippen LogP contribution is 2.57. The first-order valence-corrected chi connectivity index (χ1v) is 7.83. The molecule has 0 saturated heterocycles. The Morgan fingerprint density at radius 1 is 0.568 bits per heavy atom. The first-order chi connectivity index (χ1) is 15.9. The highest BCUT2D eigenvalue weighted by molar-refractivity contribution is 5.79. The van der Waals surface area contributed by atoms with Gasteiger partial charge in [0.05, 0.1) is 0 Å². The van der Waals surface area contributed by atoms with Crippen LogP contribution in [-0.2, 0) is 23.7 Å². The molecule has 0 aliphatic heterocycles. The molecule has 0 aromatic carbocycles. The van der Waals surface area contributed by atoms with E-state index in [0.29, 0.717) is 0 Å². The molecule has 0 aliphatic carbocycles. The molecule has 0 spiro atoms. The van der Waals surface area contributed by atoms with Crippen LogP contribution in [0.1, 0.15) is 0 Å². The highest BCUT2D eigenvalue weighted by atomic mass is 19.4. The number of hydrogen-bond acceptors (Lipinski definition) is 5. The molecule has 0 amide bonds. The van der Waals surface area contributed by atoms with Crippen molar-refractivity contribution < 1.29 is 107 Å². The minimum atomic E-state index is -8.29. The number of halogens is 19. The molecule has 0 bridgehead atoms. The average molecular weight is 602 g/mol. The molecule has 0 fully saturated rings. The van der Waals surface area contributed by atoms with Crippen LogP contribution in [0.5, 0.6) is 0 Å². The molecule has 0 radical (unpaired) electrons. The molecule has 0 heterocycles. The van der Waals surface area contributed by atoms with Crippen molar-refractivity contribution >= 4 is 5.97 Å². The van der Waals surface area contributed by atoms with E-state index in [1.807, 2.05) is 0 Å². The Hall–Kier alpha value is -2.24. The molecule has 3 atom stereocenters. The fourth-order valence-electron chi connectivity index (χ4n) is 1.65. The quantitative estimate of drug-likeness (QED) is 0.171. The van der Waals surface area contributed by atoms with Crippen LogP contribution >= 0.6 is 0 Å². The molecule has 3 unspecified atom stereocenters. The molecular formula is C13H5F19O5. The third-order valence-electron chi connectivity index (χ3n) is 3.23. The van der Waals surface area contributed by atoms with E-state index in [4.69, 9.17) is 0 Å². The zero-order valence-corrected chi connectivity index (χ0v) is 16.2. The fourth-order valence-corrected chi connectivity index (χ4v) is 1.65. The zero-order chi connectivity index (χ0) is 30.3. The van der Waals surface area contributed by atoms with Crippen LogP contribution in [-0.4, -0.2) is 67.2 Å². The summed E-state index contributed by atoms with van der Waals surface area (Å²) in [4.78, 5) is 11.1. The summed E-state index contributed by atoms with van der Waals surface area (Å²) >= 11 is 0. The third-order valence-corrected chi connectivity index (χ3v) is 3.23. The van der Waals surface area contributed by atoms with Crippen molar-refractivity contribution in [3.63, 3.8) is 0 Å². The van der Waals surface area contributed by atoms with Gasteiger partial charge >= 0.3 is 60.6 Å². The lowest BCUT2D eigenvalue weighted by atomic mass is 10.2. The Kier molecular flexibility index (Phi) is 9.22. The lowest BCUT2D eigenvalue weighted by Gasteiger charge is -2.41. The summed E-state index contributed by atoms with van der Waals surface area (Å²) in [6.07, 6.45) is -46.7. The summed E-state index contributed by atoms with van der Waals surface area (Å²) in [6.45, 7) is 1.06. The van der Waals surface area contributed by atoms with Gasteiger partial charge in [0, 0.05) is 0 Å². The summed E-state index contributed by atoms with van der Waals surface area (Å²) in [5.41, 5.74) is 0. The Labute approximate surface area is 188 Å². The highest BCUT2D eigenvalue weighted by Gasteiger charge is 2.86. The standard InChI is InChI=1S/C13H5F19O5/c1-2-3-34-4(33)5(14,8(17,18)19)35-11(26,27)6(15,9(20,21)22)36-12(28,29)7(16,10(23,24)25)37-13(30,31)32/h2H,1,3H2. The second-order valence-corrected chi connectivity index (χ2v) is 5.95. The SMILES string of the molecule is C=CCOC(=O)C(F)(OC(F)(F)C(F)(OC(F)(F)C(F)(OC(F)(F)F)C(F)(F)F)C(F)(F)F)C(F)(F)F. The summed E-state index contributed by atoms with van der Waals surface area (Å²) in [5, 5.41) is 0. The van der Waals surface area contributed by atoms with Gasteiger partial charge in [0.25, 0.3) is 0 Å². The van der Waals surface area contributed by atoms with Crippen molar-refractivity contribution in [2.45, 2.75) is 54.7 Å². The number of carbonyl (C=O) groups excluding carboxylic acids is 1. The van der Waals surface area contributed by atoms with E-state index in [0.717, 1.165) is 0 Å². The monoisotopic (exact) mass is 602 g/mol. The number of ether oxygens (including phenoxy) is 4. The Balaban J connectivity index is 6.99. The average Bonchev–Trinajstić information content (AvgIpc) is 2.60. The topological polar surface area (TPSA) is 54.0 Å². The fraction of sp³-hybridized carbons (Fsp3) is 0.769. The van der Waals surface area contributed by atoms with Gasteiger partial charge in [-0.3, -0.25) is 9.47 Å². The van der Waals surface area contributed by atoms with Gasteiger partial charge in [0.2, 0.25) is 0 Å². The molecule has 220 valence electrons. The number of rotatable bonds is 10. The molecule has 0 aromatic rings. The minimum Gasteiger partial charge on any atom is -0.457 e. The Morgan fingerprint density at radius 3 is 1.22 bits per heavy atom. The van der Waals surface area contributed by atoms with Crippen LogP contribution in [0.2, 0.25) is 0 Å². The largest absolute Gasteiger partial charge is 0.525 e. The molecule has 0 rings (SSSR count). The summed E-state index contributed by atoms with van der Waals surface area (Å²) in [7, 11) is 0. The summed E-state index contributed by atoms with van der Waals surface area (Å²) < 4.78 is 254. The van der Waals surface area contributed by atoms with Crippen molar-refractivity contribution in [2.75, 3.05) is 6.61 Å². The number of carbonyl (C=O) groups is 1. The van der Waals surface area contributed by atoms with E-state index in [9.17, 15) is 88.2 Å². The van der Waals surface area contributed by atoms with Crippen LogP contribution in [0.25, 0.3) is 0 Å². The first kappa shape index (κ1) is 34.8. The molecule has 24 heteroatoms. The van der Waals surface area contributed by atoms with E-state index in [-0.39, 0.29) is 6.08 Å².